The zero-order valence-electron chi connectivity index (χ0n) is 16.2. The number of guanidine groups is 1. The molecule has 7 heteroatoms. The lowest BCUT2D eigenvalue weighted by Crippen LogP contribution is -2.52. The SMILES string of the molecule is CN=C(NCc1cccc(OC)n1)N1CCN(c2cccc(OC)c2)CC1. The molecule has 0 radical (unpaired) electrons. The molecule has 1 fully saturated rings. The van der Waals surface area contributed by atoms with E-state index >= 15 is 0 Å². The highest BCUT2D eigenvalue weighted by molar-refractivity contribution is 5.80. The molecule has 3 rings (SSSR count). The van der Waals surface area contributed by atoms with Gasteiger partial charge in [0.15, 0.2) is 5.96 Å². The first kappa shape index (κ1) is 18.8. The normalized spacial score (nSPS) is 14.9. The Balaban J connectivity index is 1.55. The molecule has 1 aromatic carbocycles. The molecule has 1 aliphatic heterocycles. The number of benzene rings is 1. The Morgan fingerprint density at radius 3 is 2.56 bits per heavy atom. The lowest BCUT2D eigenvalue weighted by molar-refractivity contribution is 0.371. The minimum absolute atomic E-state index is 0.611. The Hall–Kier alpha value is -2.96. The number of pyridine rings is 1. The van der Waals surface area contributed by atoms with Gasteiger partial charge in [-0.15, -0.1) is 0 Å². The molecule has 7 nitrogen and oxygen atoms in total. The second kappa shape index (κ2) is 9.12. The molecule has 144 valence electrons. The van der Waals surface area contributed by atoms with Gasteiger partial charge in [-0.3, -0.25) is 4.99 Å². The molecular formula is C20H27N5O2. The third-order valence-corrected chi connectivity index (χ3v) is 4.63. The summed E-state index contributed by atoms with van der Waals surface area (Å²) < 4.78 is 10.5. The summed E-state index contributed by atoms with van der Waals surface area (Å²) in [6, 6.07) is 14.0. The van der Waals surface area contributed by atoms with Crippen LogP contribution in [-0.2, 0) is 6.54 Å². The van der Waals surface area contributed by atoms with E-state index in [1.807, 2.05) is 37.4 Å². The first-order chi connectivity index (χ1) is 13.2. The number of rotatable bonds is 5. The first-order valence-corrected chi connectivity index (χ1v) is 9.08. The van der Waals surface area contributed by atoms with Crippen LogP contribution >= 0.6 is 0 Å². The molecule has 0 amide bonds. The zero-order chi connectivity index (χ0) is 19.1. The van der Waals surface area contributed by atoms with Crippen LogP contribution in [-0.4, -0.2) is 63.3 Å². The minimum Gasteiger partial charge on any atom is -0.497 e. The van der Waals surface area contributed by atoms with Crippen molar-refractivity contribution < 1.29 is 9.47 Å². The second-order valence-electron chi connectivity index (χ2n) is 6.25. The van der Waals surface area contributed by atoms with Crippen molar-refractivity contribution in [2.24, 2.45) is 4.99 Å². The maximum Gasteiger partial charge on any atom is 0.213 e. The number of hydrogen-bond donors (Lipinski definition) is 1. The number of nitrogens with one attached hydrogen (secondary N) is 1. The predicted molar refractivity (Wildman–Crippen MR) is 108 cm³/mol. The highest BCUT2D eigenvalue weighted by Gasteiger charge is 2.20. The molecule has 2 aromatic rings. The number of hydrogen-bond acceptors (Lipinski definition) is 5. The van der Waals surface area contributed by atoms with Gasteiger partial charge in [0.05, 0.1) is 26.5 Å². The van der Waals surface area contributed by atoms with Crippen LogP contribution in [0.1, 0.15) is 5.69 Å². The van der Waals surface area contributed by atoms with Gasteiger partial charge >= 0.3 is 0 Å². The van der Waals surface area contributed by atoms with Crippen LogP contribution in [0.3, 0.4) is 0 Å². The molecule has 1 saturated heterocycles. The van der Waals surface area contributed by atoms with E-state index in [2.05, 4.69) is 37.2 Å². The van der Waals surface area contributed by atoms with Crippen LogP contribution in [0.25, 0.3) is 0 Å². The van der Waals surface area contributed by atoms with Gasteiger partial charge < -0.3 is 24.6 Å². The van der Waals surface area contributed by atoms with Crippen molar-refractivity contribution in [2.45, 2.75) is 6.54 Å². The lowest BCUT2D eigenvalue weighted by Gasteiger charge is -2.37. The van der Waals surface area contributed by atoms with Crippen LogP contribution in [0.5, 0.6) is 11.6 Å². The number of piperazine rings is 1. The molecule has 1 aromatic heterocycles. The van der Waals surface area contributed by atoms with Crippen LogP contribution < -0.4 is 19.7 Å². The molecule has 1 aliphatic rings. The molecule has 1 N–H and O–H groups in total. The average molecular weight is 369 g/mol. The Bertz CT molecular complexity index is 772. The molecule has 0 atom stereocenters. The van der Waals surface area contributed by atoms with Crippen molar-refractivity contribution in [3.63, 3.8) is 0 Å². The molecule has 0 unspecified atom stereocenters. The van der Waals surface area contributed by atoms with Gasteiger partial charge in [0, 0.05) is 51.0 Å². The van der Waals surface area contributed by atoms with E-state index in [0.717, 1.165) is 43.6 Å². The van der Waals surface area contributed by atoms with Crippen LogP contribution in [0, 0.1) is 0 Å². The maximum absolute atomic E-state index is 5.33. The van der Waals surface area contributed by atoms with E-state index in [1.165, 1.54) is 5.69 Å². The third-order valence-electron chi connectivity index (χ3n) is 4.63. The summed E-state index contributed by atoms with van der Waals surface area (Å²) in [5.74, 6) is 2.40. The summed E-state index contributed by atoms with van der Waals surface area (Å²) in [5.41, 5.74) is 2.11. The standard InChI is InChI=1S/C20H27N5O2/c1-21-20(22-15-16-6-4-9-19(23-16)27-3)25-12-10-24(11-13-25)17-7-5-8-18(14-17)26-2/h4-9,14H,10-13,15H2,1-3H3,(H,21,22). The average Bonchev–Trinajstić information content (AvgIpc) is 2.75. The van der Waals surface area contributed by atoms with Gasteiger partial charge in [0.2, 0.25) is 5.88 Å². The zero-order valence-corrected chi connectivity index (χ0v) is 16.2. The van der Waals surface area contributed by atoms with Gasteiger partial charge in [0.25, 0.3) is 0 Å². The van der Waals surface area contributed by atoms with Crippen molar-refractivity contribution in [1.82, 2.24) is 15.2 Å². The second-order valence-corrected chi connectivity index (χ2v) is 6.25. The maximum atomic E-state index is 5.33. The molecule has 0 bridgehead atoms. The summed E-state index contributed by atoms with van der Waals surface area (Å²) in [5, 5.41) is 3.40. The molecule has 27 heavy (non-hydrogen) atoms. The van der Waals surface area contributed by atoms with Crippen LogP contribution in [0.15, 0.2) is 47.5 Å². The fraction of sp³-hybridized carbons (Fsp3) is 0.400. The molecular weight excluding hydrogens is 342 g/mol. The number of ether oxygens (including phenoxy) is 2. The van der Waals surface area contributed by atoms with Crippen molar-refractivity contribution in [3.05, 3.63) is 48.2 Å². The summed E-state index contributed by atoms with van der Waals surface area (Å²) in [7, 11) is 5.14. The van der Waals surface area contributed by atoms with E-state index in [-0.39, 0.29) is 0 Å². The fourth-order valence-electron chi connectivity index (χ4n) is 3.16. The Kier molecular flexibility index (Phi) is 6.35. The fourth-order valence-corrected chi connectivity index (χ4v) is 3.16. The molecule has 0 saturated carbocycles. The lowest BCUT2D eigenvalue weighted by atomic mass is 10.2. The van der Waals surface area contributed by atoms with Gasteiger partial charge in [0.1, 0.15) is 5.75 Å². The predicted octanol–water partition coefficient (Wildman–Crippen LogP) is 2.00. The first-order valence-electron chi connectivity index (χ1n) is 9.08. The monoisotopic (exact) mass is 369 g/mol. The number of nitrogens with zero attached hydrogens (tertiary/aromatic N) is 4. The molecule has 0 aliphatic carbocycles. The van der Waals surface area contributed by atoms with Crippen molar-refractivity contribution in [2.75, 3.05) is 52.3 Å². The molecule has 0 spiro atoms. The number of aromatic nitrogens is 1. The van der Waals surface area contributed by atoms with Gasteiger partial charge in [-0.2, -0.15) is 0 Å². The highest BCUT2D eigenvalue weighted by atomic mass is 16.5. The van der Waals surface area contributed by atoms with Crippen LogP contribution in [0.2, 0.25) is 0 Å². The Labute approximate surface area is 160 Å². The Morgan fingerprint density at radius 1 is 1.07 bits per heavy atom. The van der Waals surface area contributed by atoms with Gasteiger partial charge in [-0.05, 0) is 18.2 Å². The summed E-state index contributed by atoms with van der Waals surface area (Å²) in [6.07, 6.45) is 0. The van der Waals surface area contributed by atoms with E-state index in [0.29, 0.717) is 12.4 Å². The van der Waals surface area contributed by atoms with Crippen molar-refractivity contribution >= 4 is 11.6 Å². The summed E-state index contributed by atoms with van der Waals surface area (Å²) in [4.78, 5) is 13.5. The number of anilines is 1. The van der Waals surface area contributed by atoms with E-state index in [9.17, 15) is 0 Å². The van der Waals surface area contributed by atoms with Gasteiger partial charge in [-0.25, -0.2) is 4.98 Å². The smallest absolute Gasteiger partial charge is 0.213 e. The number of methoxy groups -OCH3 is 2. The van der Waals surface area contributed by atoms with Crippen molar-refractivity contribution in [3.8, 4) is 11.6 Å². The highest BCUT2D eigenvalue weighted by Crippen LogP contribution is 2.22. The van der Waals surface area contributed by atoms with Crippen LogP contribution in [0.4, 0.5) is 5.69 Å². The summed E-state index contributed by atoms with van der Waals surface area (Å²) >= 11 is 0. The number of aliphatic imine (C=N–C) groups is 1. The quantitative estimate of drug-likeness (QED) is 0.643. The van der Waals surface area contributed by atoms with Crippen molar-refractivity contribution in [1.29, 1.82) is 0 Å². The third kappa shape index (κ3) is 4.81. The van der Waals surface area contributed by atoms with Gasteiger partial charge in [-0.1, -0.05) is 12.1 Å². The largest absolute Gasteiger partial charge is 0.497 e. The van der Waals surface area contributed by atoms with E-state index in [1.54, 1.807) is 14.2 Å². The Morgan fingerprint density at radius 2 is 1.85 bits per heavy atom. The topological polar surface area (TPSA) is 62.2 Å². The van der Waals surface area contributed by atoms with E-state index < -0.39 is 0 Å². The van der Waals surface area contributed by atoms with E-state index in [4.69, 9.17) is 9.47 Å². The summed E-state index contributed by atoms with van der Waals surface area (Å²) in [6.45, 7) is 4.29. The molecule has 2 heterocycles. The minimum atomic E-state index is 0.611.